The van der Waals surface area contributed by atoms with E-state index in [-0.39, 0.29) is 0 Å². The lowest BCUT2D eigenvalue weighted by atomic mass is 10.1. The standard InChI is InChI=1S/C22H20N4O2/c1-3-28-22(27)19-13-23-21-18(14-24-26(21)17-10-5-4-6-11-17)20(19)25-16-9-7-8-15(2)12-16/h4-14H,3H2,1-2H3,(H,23,25). The van der Waals surface area contributed by atoms with E-state index in [1.807, 2.05) is 61.5 Å². The molecule has 0 atom stereocenters. The van der Waals surface area contributed by atoms with E-state index < -0.39 is 5.97 Å². The number of nitrogens with zero attached hydrogens (tertiary/aromatic N) is 3. The lowest BCUT2D eigenvalue weighted by molar-refractivity contribution is 0.0527. The summed E-state index contributed by atoms with van der Waals surface area (Å²) < 4.78 is 6.98. The number of aryl methyl sites for hydroxylation is 1. The molecule has 0 aliphatic rings. The molecule has 0 spiro atoms. The Balaban J connectivity index is 1.88. The summed E-state index contributed by atoms with van der Waals surface area (Å²) in [6.07, 6.45) is 3.26. The van der Waals surface area contributed by atoms with E-state index in [9.17, 15) is 4.79 Å². The van der Waals surface area contributed by atoms with Crippen molar-refractivity contribution in [1.82, 2.24) is 14.8 Å². The summed E-state index contributed by atoms with van der Waals surface area (Å²) in [5.41, 5.74) is 4.57. The number of hydrogen-bond acceptors (Lipinski definition) is 5. The molecule has 2 aromatic heterocycles. The summed E-state index contributed by atoms with van der Waals surface area (Å²) in [6.45, 7) is 4.10. The SMILES string of the molecule is CCOC(=O)c1cnc2c(cnn2-c2ccccc2)c1Nc1cccc(C)c1. The Kier molecular flexibility index (Phi) is 4.76. The first-order chi connectivity index (χ1) is 13.7. The van der Waals surface area contributed by atoms with Gasteiger partial charge in [-0.05, 0) is 43.7 Å². The lowest BCUT2D eigenvalue weighted by Gasteiger charge is -2.13. The molecule has 6 nitrogen and oxygen atoms in total. The third-order valence-electron chi connectivity index (χ3n) is 4.38. The van der Waals surface area contributed by atoms with Crippen molar-refractivity contribution in [2.24, 2.45) is 0 Å². The third kappa shape index (κ3) is 3.32. The van der Waals surface area contributed by atoms with Gasteiger partial charge in [0.25, 0.3) is 0 Å². The second-order valence-corrected chi connectivity index (χ2v) is 6.39. The Labute approximate surface area is 162 Å². The maximum atomic E-state index is 12.5. The quantitative estimate of drug-likeness (QED) is 0.517. The summed E-state index contributed by atoms with van der Waals surface area (Å²) in [5.74, 6) is -0.417. The number of rotatable bonds is 5. The Bertz CT molecular complexity index is 1140. The molecular formula is C22H20N4O2. The number of nitrogens with one attached hydrogen (secondary N) is 1. The predicted molar refractivity (Wildman–Crippen MR) is 109 cm³/mol. The minimum atomic E-state index is -0.417. The van der Waals surface area contributed by atoms with Gasteiger partial charge in [-0.3, -0.25) is 0 Å². The molecule has 0 radical (unpaired) electrons. The van der Waals surface area contributed by atoms with Crippen LogP contribution < -0.4 is 5.32 Å². The fourth-order valence-corrected chi connectivity index (χ4v) is 3.10. The number of para-hydroxylation sites is 1. The Morgan fingerprint density at radius 1 is 1.11 bits per heavy atom. The van der Waals surface area contributed by atoms with E-state index in [0.717, 1.165) is 22.3 Å². The minimum absolute atomic E-state index is 0.296. The summed E-state index contributed by atoms with van der Waals surface area (Å²) in [7, 11) is 0. The molecule has 4 aromatic rings. The number of carbonyl (C=O) groups is 1. The smallest absolute Gasteiger partial charge is 0.341 e. The van der Waals surface area contributed by atoms with Gasteiger partial charge >= 0.3 is 5.97 Å². The first-order valence-electron chi connectivity index (χ1n) is 9.10. The van der Waals surface area contributed by atoms with Crippen LogP contribution in [0.4, 0.5) is 11.4 Å². The van der Waals surface area contributed by atoms with Crippen molar-refractivity contribution >= 4 is 28.4 Å². The molecule has 0 fully saturated rings. The Morgan fingerprint density at radius 3 is 2.68 bits per heavy atom. The van der Waals surface area contributed by atoms with Crippen LogP contribution in [0.25, 0.3) is 16.7 Å². The fourth-order valence-electron chi connectivity index (χ4n) is 3.10. The number of ether oxygens (including phenoxy) is 1. The van der Waals surface area contributed by atoms with Crippen LogP contribution in [0.5, 0.6) is 0 Å². The van der Waals surface area contributed by atoms with Gasteiger partial charge in [-0.2, -0.15) is 5.10 Å². The van der Waals surface area contributed by atoms with Crippen LogP contribution in [0.1, 0.15) is 22.8 Å². The summed E-state index contributed by atoms with van der Waals surface area (Å²) >= 11 is 0. The summed E-state index contributed by atoms with van der Waals surface area (Å²) in [4.78, 5) is 17.0. The molecule has 28 heavy (non-hydrogen) atoms. The van der Waals surface area contributed by atoms with Crippen molar-refractivity contribution in [3.63, 3.8) is 0 Å². The zero-order valence-corrected chi connectivity index (χ0v) is 15.7. The van der Waals surface area contributed by atoms with Gasteiger partial charge in [-0.25, -0.2) is 14.5 Å². The number of anilines is 2. The zero-order valence-electron chi connectivity index (χ0n) is 15.7. The summed E-state index contributed by atoms with van der Waals surface area (Å²) in [6, 6.07) is 17.7. The molecule has 4 rings (SSSR count). The number of carbonyl (C=O) groups excluding carboxylic acids is 1. The van der Waals surface area contributed by atoms with Gasteiger partial charge < -0.3 is 10.1 Å². The molecule has 0 aliphatic heterocycles. The highest BCUT2D eigenvalue weighted by molar-refractivity contribution is 6.05. The van der Waals surface area contributed by atoms with Gasteiger partial charge in [-0.15, -0.1) is 0 Å². The zero-order chi connectivity index (χ0) is 19.5. The largest absolute Gasteiger partial charge is 0.462 e. The molecule has 140 valence electrons. The van der Waals surface area contributed by atoms with Crippen molar-refractivity contribution in [2.75, 3.05) is 11.9 Å². The van der Waals surface area contributed by atoms with E-state index in [1.165, 1.54) is 0 Å². The Morgan fingerprint density at radius 2 is 1.93 bits per heavy atom. The van der Waals surface area contributed by atoms with E-state index in [1.54, 1.807) is 24.0 Å². The van der Waals surface area contributed by atoms with Crippen LogP contribution in [0.2, 0.25) is 0 Å². The van der Waals surface area contributed by atoms with Gasteiger partial charge in [0.15, 0.2) is 5.65 Å². The molecule has 1 N–H and O–H groups in total. The number of aromatic nitrogens is 3. The molecule has 0 amide bonds. The van der Waals surface area contributed by atoms with Crippen LogP contribution in [-0.2, 0) is 4.74 Å². The number of esters is 1. The van der Waals surface area contributed by atoms with Crippen molar-refractivity contribution < 1.29 is 9.53 Å². The van der Waals surface area contributed by atoms with Crippen LogP contribution in [0.3, 0.4) is 0 Å². The molecule has 0 aliphatic carbocycles. The molecule has 0 saturated carbocycles. The number of fused-ring (bicyclic) bond motifs is 1. The van der Waals surface area contributed by atoms with Crippen LogP contribution >= 0.6 is 0 Å². The minimum Gasteiger partial charge on any atom is -0.462 e. The fraction of sp³-hybridized carbons (Fsp3) is 0.136. The topological polar surface area (TPSA) is 69.0 Å². The predicted octanol–water partition coefficient (Wildman–Crippen LogP) is 4.65. The van der Waals surface area contributed by atoms with E-state index in [2.05, 4.69) is 15.4 Å². The van der Waals surface area contributed by atoms with Crippen molar-refractivity contribution in [3.05, 3.63) is 78.1 Å². The average Bonchev–Trinajstić information content (AvgIpc) is 3.14. The molecule has 0 bridgehead atoms. The van der Waals surface area contributed by atoms with E-state index >= 15 is 0 Å². The first kappa shape index (κ1) is 17.7. The highest BCUT2D eigenvalue weighted by atomic mass is 16.5. The number of benzene rings is 2. The summed E-state index contributed by atoms with van der Waals surface area (Å²) in [5, 5.41) is 8.61. The van der Waals surface area contributed by atoms with E-state index in [4.69, 9.17) is 4.74 Å². The van der Waals surface area contributed by atoms with Crippen molar-refractivity contribution in [3.8, 4) is 5.69 Å². The molecule has 2 heterocycles. The monoisotopic (exact) mass is 372 g/mol. The number of hydrogen-bond donors (Lipinski definition) is 1. The first-order valence-corrected chi connectivity index (χ1v) is 9.10. The molecule has 0 saturated heterocycles. The molecular weight excluding hydrogens is 352 g/mol. The van der Waals surface area contributed by atoms with Crippen molar-refractivity contribution in [1.29, 1.82) is 0 Å². The van der Waals surface area contributed by atoms with Crippen LogP contribution in [0, 0.1) is 6.92 Å². The van der Waals surface area contributed by atoms with Gasteiger partial charge in [0.2, 0.25) is 0 Å². The van der Waals surface area contributed by atoms with Crippen LogP contribution in [-0.4, -0.2) is 27.3 Å². The second kappa shape index (κ2) is 7.52. The average molecular weight is 372 g/mol. The highest BCUT2D eigenvalue weighted by Gasteiger charge is 2.20. The molecule has 0 unspecified atom stereocenters. The van der Waals surface area contributed by atoms with Crippen LogP contribution in [0.15, 0.2) is 67.0 Å². The maximum absolute atomic E-state index is 12.5. The normalized spacial score (nSPS) is 10.8. The number of pyridine rings is 1. The van der Waals surface area contributed by atoms with E-state index in [0.29, 0.717) is 23.5 Å². The lowest BCUT2D eigenvalue weighted by Crippen LogP contribution is -2.09. The Hall–Kier alpha value is -3.67. The second-order valence-electron chi connectivity index (χ2n) is 6.39. The third-order valence-corrected chi connectivity index (χ3v) is 4.38. The maximum Gasteiger partial charge on any atom is 0.341 e. The van der Waals surface area contributed by atoms with Gasteiger partial charge in [0, 0.05) is 11.9 Å². The van der Waals surface area contributed by atoms with Gasteiger partial charge in [0.05, 0.1) is 29.6 Å². The molecule has 2 aromatic carbocycles. The highest BCUT2D eigenvalue weighted by Crippen LogP contribution is 2.31. The molecule has 6 heteroatoms. The van der Waals surface area contributed by atoms with Gasteiger partial charge in [-0.1, -0.05) is 30.3 Å². The van der Waals surface area contributed by atoms with Gasteiger partial charge in [0.1, 0.15) is 5.56 Å². The van der Waals surface area contributed by atoms with Crippen molar-refractivity contribution in [2.45, 2.75) is 13.8 Å².